The van der Waals surface area contributed by atoms with Crippen LogP contribution in [0.5, 0.6) is 0 Å². The van der Waals surface area contributed by atoms with Gasteiger partial charge in [0.2, 0.25) is 5.91 Å². The molecule has 0 aromatic heterocycles. The lowest BCUT2D eigenvalue weighted by molar-refractivity contribution is -0.131. The highest BCUT2D eigenvalue weighted by Gasteiger charge is 2.43. The summed E-state index contributed by atoms with van der Waals surface area (Å²) in [4.78, 5) is 49.1. The molecule has 3 rings (SSSR count). The van der Waals surface area contributed by atoms with Gasteiger partial charge in [-0.05, 0) is 56.9 Å². The monoisotopic (exact) mass is 450 g/mol. The van der Waals surface area contributed by atoms with Crippen LogP contribution in [-0.2, 0) is 25.5 Å². The van der Waals surface area contributed by atoms with Crippen molar-refractivity contribution in [3.63, 3.8) is 0 Å². The van der Waals surface area contributed by atoms with Gasteiger partial charge in [-0.15, -0.1) is 0 Å². The molecule has 4 atom stereocenters. The second-order valence-electron chi connectivity index (χ2n) is 9.60. The number of fused-ring (bicyclic) bond motifs is 1. The molecule has 1 saturated carbocycles. The minimum absolute atomic E-state index is 0.0767. The maximum Gasteiger partial charge on any atom is 0.407 e. The minimum Gasteiger partial charge on any atom is -0.444 e. The summed E-state index contributed by atoms with van der Waals surface area (Å²) in [5.41, 5.74) is 5.73. The van der Waals surface area contributed by atoms with Crippen LogP contribution in [0.2, 0.25) is 0 Å². The molecule has 7 nitrogen and oxygen atoms in total. The first kappa shape index (κ1) is 23.8. The molecule has 1 fully saturated rings. The van der Waals surface area contributed by atoms with Crippen LogP contribution in [0.1, 0.15) is 63.5 Å². The summed E-state index contributed by atoms with van der Waals surface area (Å²) in [6.07, 6.45) is -0.164. The number of primary amides is 1. The maximum absolute atomic E-state index is 13.9. The van der Waals surface area contributed by atoms with Crippen molar-refractivity contribution < 1.29 is 32.7 Å². The van der Waals surface area contributed by atoms with Gasteiger partial charge in [-0.3, -0.25) is 14.4 Å². The number of carbonyl (C=O) groups excluding carboxylic acids is 4. The van der Waals surface area contributed by atoms with Gasteiger partial charge in [-0.25, -0.2) is 13.6 Å². The summed E-state index contributed by atoms with van der Waals surface area (Å²) in [7, 11) is 0. The Morgan fingerprint density at radius 3 is 2.41 bits per heavy atom. The molecule has 0 spiro atoms. The first-order valence-corrected chi connectivity index (χ1v) is 10.7. The summed E-state index contributed by atoms with van der Waals surface area (Å²) < 4.78 is 32.9. The number of nitrogens with two attached hydrogens (primary N) is 1. The van der Waals surface area contributed by atoms with Crippen molar-refractivity contribution in [1.29, 1.82) is 0 Å². The third kappa shape index (κ3) is 5.31. The average Bonchev–Trinajstić information content (AvgIpc) is 3.23. The molecule has 0 aliphatic heterocycles. The lowest BCUT2D eigenvalue weighted by Crippen LogP contribution is -2.44. The minimum atomic E-state index is -1.01. The quantitative estimate of drug-likeness (QED) is 0.691. The molecule has 3 N–H and O–H groups in total. The fourth-order valence-corrected chi connectivity index (χ4v) is 4.67. The number of amides is 2. The maximum atomic E-state index is 13.9. The van der Waals surface area contributed by atoms with Crippen LogP contribution >= 0.6 is 0 Å². The Kier molecular flexibility index (Phi) is 6.67. The van der Waals surface area contributed by atoms with E-state index in [9.17, 15) is 28.0 Å². The van der Waals surface area contributed by atoms with E-state index in [0.717, 1.165) is 12.1 Å². The fraction of sp³-hybridized carbons (Fsp3) is 0.565. The van der Waals surface area contributed by atoms with Crippen LogP contribution < -0.4 is 11.1 Å². The van der Waals surface area contributed by atoms with Crippen molar-refractivity contribution in [1.82, 2.24) is 5.32 Å². The second kappa shape index (κ2) is 8.96. The van der Waals surface area contributed by atoms with Gasteiger partial charge in [0.1, 0.15) is 17.2 Å². The molecule has 4 unspecified atom stereocenters. The summed E-state index contributed by atoms with van der Waals surface area (Å²) in [5.74, 6) is -5.45. The van der Waals surface area contributed by atoms with Crippen molar-refractivity contribution in [2.24, 2.45) is 17.6 Å². The summed E-state index contributed by atoms with van der Waals surface area (Å²) in [6.45, 7) is 5.08. The van der Waals surface area contributed by atoms with E-state index in [4.69, 9.17) is 10.5 Å². The Hall–Kier alpha value is -2.84. The highest BCUT2D eigenvalue weighted by molar-refractivity contribution is 5.98. The zero-order chi connectivity index (χ0) is 23.8. The predicted octanol–water partition coefficient (Wildman–Crippen LogP) is 2.93. The number of nitrogens with one attached hydrogen (secondary N) is 1. The van der Waals surface area contributed by atoms with E-state index in [1.165, 1.54) is 0 Å². The summed E-state index contributed by atoms with van der Waals surface area (Å²) in [5, 5.41) is 2.70. The van der Waals surface area contributed by atoms with Gasteiger partial charge in [0, 0.05) is 37.1 Å². The molecule has 0 bridgehead atoms. The third-order valence-electron chi connectivity index (χ3n) is 6.08. The number of alkyl carbamates (subject to hydrolysis) is 1. The molecular weight excluding hydrogens is 422 g/mol. The topological polar surface area (TPSA) is 116 Å². The molecule has 2 aliphatic carbocycles. The van der Waals surface area contributed by atoms with Crippen molar-refractivity contribution in [2.75, 3.05) is 0 Å². The number of halogens is 2. The van der Waals surface area contributed by atoms with Crippen LogP contribution in [0.15, 0.2) is 12.1 Å². The van der Waals surface area contributed by atoms with Crippen LogP contribution in [0.3, 0.4) is 0 Å². The number of Topliss-reactive ketones (excluding diaryl/α,β-unsaturated/α-hetero) is 2. The van der Waals surface area contributed by atoms with Crippen LogP contribution in [0, 0.1) is 23.5 Å². The Morgan fingerprint density at radius 1 is 1.16 bits per heavy atom. The Balaban J connectivity index is 1.86. The van der Waals surface area contributed by atoms with E-state index in [1.807, 2.05) is 0 Å². The number of ether oxygens (including phenoxy) is 1. The number of hydrogen-bond acceptors (Lipinski definition) is 5. The Morgan fingerprint density at radius 2 is 1.78 bits per heavy atom. The summed E-state index contributed by atoms with van der Waals surface area (Å²) in [6, 6.07) is 1.45. The number of benzene rings is 1. The van der Waals surface area contributed by atoms with Crippen LogP contribution in [0.4, 0.5) is 13.6 Å². The van der Waals surface area contributed by atoms with E-state index < -0.39 is 53.0 Å². The van der Waals surface area contributed by atoms with Crippen molar-refractivity contribution in [3.8, 4) is 0 Å². The zero-order valence-corrected chi connectivity index (χ0v) is 18.4. The smallest absolute Gasteiger partial charge is 0.407 e. The molecule has 174 valence electrons. The highest BCUT2D eigenvalue weighted by Crippen LogP contribution is 2.39. The molecule has 2 amide bonds. The number of rotatable bonds is 6. The van der Waals surface area contributed by atoms with Gasteiger partial charge in [-0.1, -0.05) is 0 Å². The van der Waals surface area contributed by atoms with Crippen LogP contribution in [0.25, 0.3) is 0 Å². The Bertz CT molecular complexity index is 956. The first-order chi connectivity index (χ1) is 14.9. The predicted molar refractivity (Wildman–Crippen MR) is 111 cm³/mol. The molecular formula is C23H28F2N2O5. The SMILES string of the molecule is CC(C)(C)OC(=O)NC(CC(=O)C1CC(=O)CC1C(N)=O)C1CCc2cc(F)c(F)cc21. The van der Waals surface area contributed by atoms with E-state index in [1.54, 1.807) is 20.8 Å². The third-order valence-corrected chi connectivity index (χ3v) is 6.08. The number of aryl methyl sites for hydroxylation is 1. The molecule has 1 aromatic rings. The zero-order valence-electron chi connectivity index (χ0n) is 18.4. The molecule has 9 heteroatoms. The molecule has 0 heterocycles. The van der Waals surface area contributed by atoms with Gasteiger partial charge < -0.3 is 15.8 Å². The van der Waals surface area contributed by atoms with Crippen molar-refractivity contribution in [3.05, 3.63) is 34.9 Å². The largest absolute Gasteiger partial charge is 0.444 e. The molecule has 0 saturated heterocycles. The average molecular weight is 450 g/mol. The van der Waals surface area contributed by atoms with Gasteiger partial charge >= 0.3 is 6.09 Å². The number of ketones is 2. The normalized spacial score (nSPS) is 23.5. The molecule has 0 radical (unpaired) electrons. The van der Waals surface area contributed by atoms with Crippen LogP contribution in [-0.4, -0.2) is 35.2 Å². The molecule has 32 heavy (non-hydrogen) atoms. The van der Waals surface area contributed by atoms with Gasteiger partial charge in [0.05, 0.1) is 5.92 Å². The van der Waals surface area contributed by atoms with E-state index >= 15 is 0 Å². The highest BCUT2D eigenvalue weighted by atomic mass is 19.2. The lowest BCUT2D eigenvalue weighted by atomic mass is 9.83. The van der Waals surface area contributed by atoms with E-state index in [-0.39, 0.29) is 30.8 Å². The first-order valence-electron chi connectivity index (χ1n) is 10.7. The molecule has 2 aliphatic rings. The Labute approximate surface area is 185 Å². The van der Waals surface area contributed by atoms with E-state index in [2.05, 4.69) is 5.32 Å². The fourth-order valence-electron chi connectivity index (χ4n) is 4.67. The summed E-state index contributed by atoms with van der Waals surface area (Å²) >= 11 is 0. The van der Waals surface area contributed by atoms with E-state index in [0.29, 0.717) is 24.0 Å². The van der Waals surface area contributed by atoms with Gasteiger partial charge in [-0.2, -0.15) is 0 Å². The van der Waals surface area contributed by atoms with Crippen molar-refractivity contribution >= 4 is 23.6 Å². The lowest BCUT2D eigenvalue weighted by Gasteiger charge is -2.28. The molecule has 1 aromatic carbocycles. The standard InChI is InChI=1S/C23H28F2N2O5/c1-23(2,3)32-22(31)27-19(10-20(29)15-7-12(28)8-16(15)21(26)30)13-5-4-11-6-17(24)18(25)9-14(11)13/h6,9,13,15-16,19H,4-5,7-8,10H2,1-3H3,(H2,26,30)(H,27,31). The van der Waals surface area contributed by atoms with Crippen molar-refractivity contribution in [2.45, 2.75) is 70.4 Å². The number of hydrogen-bond donors (Lipinski definition) is 2. The van der Waals surface area contributed by atoms with Gasteiger partial charge in [0.25, 0.3) is 0 Å². The van der Waals surface area contributed by atoms with Gasteiger partial charge in [0.15, 0.2) is 11.6 Å². The number of carbonyl (C=O) groups is 4. The second-order valence-corrected chi connectivity index (χ2v) is 9.60.